The third-order valence-corrected chi connectivity index (χ3v) is 4.62. The molecule has 1 heterocycles. The molecule has 3 atom stereocenters. The number of carbonyl (C=O) groups is 1. The van der Waals surface area contributed by atoms with E-state index in [1.165, 1.54) is 0 Å². The highest BCUT2D eigenvalue weighted by atomic mass is 16.3. The second kappa shape index (κ2) is 7.90. The van der Waals surface area contributed by atoms with Crippen LogP contribution < -0.4 is 5.73 Å². The predicted molar refractivity (Wildman–Crippen MR) is 83.8 cm³/mol. The fourth-order valence-electron chi connectivity index (χ4n) is 3.44. The van der Waals surface area contributed by atoms with Crippen molar-refractivity contribution in [2.75, 3.05) is 6.54 Å². The summed E-state index contributed by atoms with van der Waals surface area (Å²) in [5, 5.41) is 16.5. The second-order valence-electron chi connectivity index (χ2n) is 6.28. The summed E-state index contributed by atoms with van der Waals surface area (Å²) in [6.45, 7) is 2.71. The van der Waals surface area contributed by atoms with Crippen LogP contribution in [0.1, 0.15) is 64.7 Å². The van der Waals surface area contributed by atoms with Crippen molar-refractivity contribution in [1.29, 1.82) is 0 Å². The molecule has 1 fully saturated rings. The minimum Gasteiger partial charge on any atom is -0.391 e. The molecule has 120 valence electrons. The van der Waals surface area contributed by atoms with Gasteiger partial charge in [0.25, 0.3) is 5.91 Å². The van der Waals surface area contributed by atoms with E-state index < -0.39 is 6.10 Å². The van der Waals surface area contributed by atoms with Crippen LogP contribution in [-0.2, 0) is 4.79 Å². The molecule has 0 aromatic carbocycles. The molecule has 0 saturated heterocycles. The fourth-order valence-corrected chi connectivity index (χ4v) is 3.44. The molecule has 1 saturated carbocycles. The molecule has 0 spiro atoms. The number of nitrogens with two attached hydrogens (primary N) is 1. The maximum Gasteiger partial charge on any atom is 0.251 e. The summed E-state index contributed by atoms with van der Waals surface area (Å²) in [5.74, 6) is -0.0261. The topological polar surface area (TPSA) is 78.9 Å². The number of aliphatic hydroxyl groups is 1. The largest absolute Gasteiger partial charge is 0.391 e. The predicted octanol–water partition coefficient (Wildman–Crippen LogP) is 2.03. The van der Waals surface area contributed by atoms with Crippen LogP contribution in [0.15, 0.2) is 5.10 Å². The molecule has 2 rings (SSSR count). The molecule has 3 unspecified atom stereocenters. The summed E-state index contributed by atoms with van der Waals surface area (Å²) in [7, 11) is 0. The molecule has 1 aliphatic heterocycles. The summed E-state index contributed by atoms with van der Waals surface area (Å²) in [4.78, 5) is 12.7. The molecule has 21 heavy (non-hydrogen) atoms. The first kappa shape index (κ1) is 16.4. The Bertz CT molecular complexity index is 384. The number of hydrogen-bond donors (Lipinski definition) is 2. The van der Waals surface area contributed by atoms with Crippen LogP contribution in [-0.4, -0.2) is 40.4 Å². The molecular formula is C16H29N3O2. The monoisotopic (exact) mass is 295 g/mol. The second-order valence-corrected chi connectivity index (χ2v) is 6.28. The highest BCUT2D eigenvalue weighted by Crippen LogP contribution is 2.30. The number of hydrogen-bond acceptors (Lipinski definition) is 4. The molecule has 5 heteroatoms. The van der Waals surface area contributed by atoms with E-state index in [4.69, 9.17) is 5.73 Å². The smallest absolute Gasteiger partial charge is 0.251 e. The van der Waals surface area contributed by atoms with Crippen molar-refractivity contribution in [2.24, 2.45) is 16.8 Å². The van der Waals surface area contributed by atoms with Gasteiger partial charge in [0.15, 0.2) is 0 Å². The quantitative estimate of drug-likeness (QED) is 0.736. The van der Waals surface area contributed by atoms with E-state index in [0.717, 1.165) is 63.5 Å². The standard InChI is InChI=1S/C16H29N3O2/c1-2-7-13-12(8-6-11-17)16(21)19(18-13)14-9-4-3-5-10-15(14)20/h12,14-15,20H,2-11,17H2,1H3. The number of hydrazone groups is 1. The molecule has 0 aromatic heterocycles. The van der Waals surface area contributed by atoms with Gasteiger partial charge in [-0.05, 0) is 38.6 Å². The lowest BCUT2D eigenvalue weighted by Gasteiger charge is -2.28. The van der Waals surface area contributed by atoms with Gasteiger partial charge in [-0.3, -0.25) is 4.79 Å². The summed E-state index contributed by atoms with van der Waals surface area (Å²) in [6, 6.07) is -0.130. The molecule has 2 aliphatic rings. The highest BCUT2D eigenvalue weighted by Gasteiger charge is 2.40. The van der Waals surface area contributed by atoms with E-state index in [9.17, 15) is 9.90 Å². The first-order valence-corrected chi connectivity index (χ1v) is 8.47. The zero-order valence-electron chi connectivity index (χ0n) is 13.1. The normalized spacial score (nSPS) is 30.4. The van der Waals surface area contributed by atoms with Crippen molar-refractivity contribution < 1.29 is 9.90 Å². The van der Waals surface area contributed by atoms with Crippen LogP contribution in [0.25, 0.3) is 0 Å². The molecule has 1 amide bonds. The van der Waals surface area contributed by atoms with E-state index >= 15 is 0 Å². The van der Waals surface area contributed by atoms with Gasteiger partial charge in [-0.15, -0.1) is 0 Å². The van der Waals surface area contributed by atoms with Crippen molar-refractivity contribution >= 4 is 11.6 Å². The van der Waals surface area contributed by atoms with E-state index in [-0.39, 0.29) is 17.9 Å². The maximum absolute atomic E-state index is 12.7. The SMILES string of the molecule is CCCC1=NN(C2CCCCCC2O)C(=O)C1CCCN. The third kappa shape index (κ3) is 3.83. The molecule has 0 bridgehead atoms. The van der Waals surface area contributed by atoms with E-state index in [0.29, 0.717) is 6.54 Å². The number of carbonyl (C=O) groups excluding carboxylic acids is 1. The highest BCUT2D eigenvalue weighted by molar-refractivity contribution is 6.08. The Morgan fingerprint density at radius 3 is 2.81 bits per heavy atom. The molecule has 0 aromatic rings. The minimum absolute atomic E-state index is 0.0813. The van der Waals surface area contributed by atoms with Crippen molar-refractivity contribution in [3.63, 3.8) is 0 Å². The van der Waals surface area contributed by atoms with Crippen molar-refractivity contribution in [1.82, 2.24) is 5.01 Å². The molecule has 5 nitrogen and oxygen atoms in total. The van der Waals surface area contributed by atoms with Crippen LogP contribution in [0, 0.1) is 5.92 Å². The number of rotatable bonds is 6. The molecule has 1 aliphatic carbocycles. The zero-order valence-corrected chi connectivity index (χ0v) is 13.1. The summed E-state index contributed by atoms with van der Waals surface area (Å²) < 4.78 is 0. The van der Waals surface area contributed by atoms with Gasteiger partial charge in [-0.25, -0.2) is 5.01 Å². The van der Waals surface area contributed by atoms with E-state index in [1.54, 1.807) is 5.01 Å². The summed E-state index contributed by atoms with van der Waals surface area (Å²) >= 11 is 0. The Kier molecular flexibility index (Phi) is 6.18. The van der Waals surface area contributed by atoms with Crippen molar-refractivity contribution in [3.05, 3.63) is 0 Å². The maximum atomic E-state index is 12.7. The van der Waals surface area contributed by atoms with Crippen LogP contribution in [0.5, 0.6) is 0 Å². The Morgan fingerprint density at radius 1 is 1.33 bits per heavy atom. The summed E-state index contributed by atoms with van der Waals surface area (Å²) in [5.41, 5.74) is 6.58. The minimum atomic E-state index is -0.434. The average Bonchev–Trinajstić information content (AvgIpc) is 2.63. The summed E-state index contributed by atoms with van der Waals surface area (Å²) in [6.07, 6.45) is 7.94. The lowest BCUT2D eigenvalue weighted by atomic mass is 9.94. The number of aliphatic hydroxyl groups excluding tert-OH is 1. The Balaban J connectivity index is 2.13. The van der Waals surface area contributed by atoms with Gasteiger partial charge in [0, 0.05) is 0 Å². The van der Waals surface area contributed by atoms with Gasteiger partial charge >= 0.3 is 0 Å². The Hall–Kier alpha value is -0.940. The van der Waals surface area contributed by atoms with Gasteiger partial charge < -0.3 is 10.8 Å². The van der Waals surface area contributed by atoms with Crippen LogP contribution in [0.4, 0.5) is 0 Å². The van der Waals surface area contributed by atoms with Gasteiger partial charge in [-0.2, -0.15) is 5.10 Å². The Labute approximate surface area is 127 Å². The van der Waals surface area contributed by atoms with Crippen LogP contribution >= 0.6 is 0 Å². The first-order chi connectivity index (χ1) is 10.2. The van der Waals surface area contributed by atoms with Crippen molar-refractivity contribution in [3.8, 4) is 0 Å². The Morgan fingerprint density at radius 2 is 2.10 bits per heavy atom. The fraction of sp³-hybridized carbons (Fsp3) is 0.875. The molecule has 3 N–H and O–H groups in total. The molecule has 0 radical (unpaired) electrons. The first-order valence-electron chi connectivity index (χ1n) is 8.47. The number of amides is 1. The third-order valence-electron chi connectivity index (χ3n) is 4.62. The molecular weight excluding hydrogens is 266 g/mol. The average molecular weight is 295 g/mol. The lowest BCUT2D eigenvalue weighted by molar-refractivity contribution is -0.136. The van der Waals surface area contributed by atoms with Gasteiger partial charge in [0.2, 0.25) is 0 Å². The van der Waals surface area contributed by atoms with Gasteiger partial charge in [0.1, 0.15) is 0 Å². The van der Waals surface area contributed by atoms with Crippen molar-refractivity contribution in [2.45, 2.75) is 76.9 Å². The lowest BCUT2D eigenvalue weighted by Crippen LogP contribution is -2.43. The number of nitrogens with zero attached hydrogens (tertiary/aromatic N) is 2. The van der Waals surface area contributed by atoms with Gasteiger partial charge in [0.05, 0.1) is 23.8 Å². The van der Waals surface area contributed by atoms with Gasteiger partial charge in [-0.1, -0.05) is 32.6 Å². The zero-order chi connectivity index (χ0) is 15.2. The van der Waals surface area contributed by atoms with E-state index in [2.05, 4.69) is 12.0 Å². The van der Waals surface area contributed by atoms with Crippen LogP contribution in [0.2, 0.25) is 0 Å². The van der Waals surface area contributed by atoms with Crippen LogP contribution in [0.3, 0.4) is 0 Å². The van der Waals surface area contributed by atoms with E-state index in [1.807, 2.05) is 0 Å².